The molecular weight excluding hydrogens is 512 g/mol. The number of unbranched alkanes of at least 4 members (excludes halogenated alkanes) is 1. The van der Waals surface area contributed by atoms with Gasteiger partial charge in [-0.1, -0.05) is 25.5 Å². The van der Waals surface area contributed by atoms with Crippen LogP contribution in [0.25, 0.3) is 0 Å². The van der Waals surface area contributed by atoms with Gasteiger partial charge in [0, 0.05) is 38.0 Å². The average molecular weight is 556 g/mol. The van der Waals surface area contributed by atoms with Crippen LogP contribution in [0.2, 0.25) is 0 Å². The summed E-state index contributed by atoms with van der Waals surface area (Å²) >= 11 is 0. The highest BCUT2D eigenvalue weighted by atomic mass is 16.7. The van der Waals surface area contributed by atoms with Crippen molar-refractivity contribution in [3.63, 3.8) is 0 Å². The molecule has 10 nitrogen and oxygen atoms in total. The lowest BCUT2D eigenvalue weighted by molar-refractivity contribution is -0.446. The lowest BCUT2D eigenvalue weighted by Gasteiger charge is -2.29. The summed E-state index contributed by atoms with van der Waals surface area (Å²) in [6.45, 7) is 5.50. The van der Waals surface area contributed by atoms with Gasteiger partial charge in [0.2, 0.25) is 12.7 Å². The van der Waals surface area contributed by atoms with Crippen molar-refractivity contribution in [2.45, 2.75) is 51.0 Å². The number of ether oxygens (including phenoxy) is 2. The van der Waals surface area contributed by atoms with Gasteiger partial charge in [-0.2, -0.15) is 4.58 Å². The number of aliphatic carboxylic acids is 1. The van der Waals surface area contributed by atoms with Crippen LogP contribution < -0.4 is 9.47 Å². The highest BCUT2D eigenvalue weighted by molar-refractivity contribution is 5.81. The standard InChI is InChI=1S/C30H42N4O6/c1-4-5-14-32(16-8-13-31(2)3)28(36)20-34-19-23(22-10-11-25-26(18-22)40-21-39-25)29(30(37)38)24(34)12-17-33-15-7-6-9-27(33)35/h6-7,10-11,15,18,23-24,29H,4-5,8-9,12-14,16-17,19-21H2,1-3H3/p+1/t23-,24+,29-/m1/s1. The summed E-state index contributed by atoms with van der Waals surface area (Å²) in [6, 6.07) is 5.19. The van der Waals surface area contributed by atoms with Crippen molar-refractivity contribution in [3.05, 3.63) is 35.9 Å². The van der Waals surface area contributed by atoms with Crippen LogP contribution in [0.4, 0.5) is 0 Å². The zero-order chi connectivity index (χ0) is 28.6. The molecule has 40 heavy (non-hydrogen) atoms. The Morgan fingerprint density at radius 2 is 1.90 bits per heavy atom. The molecular formula is C30H43N4O6+. The van der Waals surface area contributed by atoms with E-state index in [0.717, 1.165) is 31.4 Å². The summed E-state index contributed by atoms with van der Waals surface area (Å²) in [4.78, 5) is 44.9. The third-order valence-corrected chi connectivity index (χ3v) is 8.04. The van der Waals surface area contributed by atoms with Gasteiger partial charge >= 0.3 is 11.9 Å². The second-order valence-electron chi connectivity index (χ2n) is 11.1. The van der Waals surface area contributed by atoms with Crippen LogP contribution in [-0.2, 0) is 14.4 Å². The number of carboxylic acid groups (broad SMARTS) is 1. The topological polar surface area (TPSA) is 103 Å². The SMILES string of the molecule is CCCCN(CCCN(C)C)C(=O)CN1C[C@H](c2ccc3c(c2)OCO3)[C@@H](C(=O)O)[C@@H]1CC[N+]1=CC=CCC1=O. The minimum absolute atomic E-state index is 0.00560. The molecule has 3 atom stereocenters. The summed E-state index contributed by atoms with van der Waals surface area (Å²) < 4.78 is 12.7. The normalized spacial score (nSPS) is 22.1. The highest BCUT2D eigenvalue weighted by Gasteiger charge is 2.48. The zero-order valence-corrected chi connectivity index (χ0v) is 24.0. The molecule has 218 valence electrons. The van der Waals surface area contributed by atoms with Crippen molar-refractivity contribution in [2.24, 2.45) is 5.92 Å². The number of hydrogen-bond donors (Lipinski definition) is 1. The van der Waals surface area contributed by atoms with Gasteiger partial charge in [-0.15, -0.1) is 0 Å². The van der Waals surface area contributed by atoms with Gasteiger partial charge in [0.05, 0.1) is 18.9 Å². The number of nitrogens with zero attached hydrogens (tertiary/aromatic N) is 4. The smallest absolute Gasteiger partial charge is 0.390 e. The van der Waals surface area contributed by atoms with E-state index in [9.17, 15) is 19.5 Å². The molecule has 1 aromatic carbocycles. The van der Waals surface area contributed by atoms with Crippen LogP contribution in [-0.4, -0.2) is 115 Å². The van der Waals surface area contributed by atoms with Gasteiger partial charge in [-0.3, -0.25) is 14.5 Å². The van der Waals surface area contributed by atoms with Gasteiger partial charge in [0.15, 0.2) is 24.3 Å². The minimum Gasteiger partial charge on any atom is -0.481 e. The first-order chi connectivity index (χ1) is 19.3. The predicted molar refractivity (Wildman–Crippen MR) is 151 cm³/mol. The van der Waals surface area contributed by atoms with Crippen LogP contribution in [0, 0.1) is 5.92 Å². The van der Waals surface area contributed by atoms with Gasteiger partial charge in [0.1, 0.15) is 0 Å². The van der Waals surface area contributed by atoms with Crippen molar-refractivity contribution in [3.8, 4) is 11.5 Å². The molecule has 1 N–H and O–H groups in total. The molecule has 10 heteroatoms. The molecule has 2 amide bonds. The number of amides is 2. The molecule has 0 unspecified atom stereocenters. The Labute approximate surface area is 236 Å². The molecule has 1 saturated heterocycles. The minimum atomic E-state index is -0.898. The van der Waals surface area contributed by atoms with Crippen LogP contribution in [0.1, 0.15) is 50.5 Å². The van der Waals surface area contributed by atoms with E-state index in [1.54, 1.807) is 10.8 Å². The lowest BCUT2D eigenvalue weighted by Crippen LogP contribution is -2.45. The first-order valence-corrected chi connectivity index (χ1v) is 14.4. The predicted octanol–water partition coefficient (Wildman–Crippen LogP) is 2.42. The van der Waals surface area contributed by atoms with Crippen LogP contribution >= 0.6 is 0 Å². The number of carbonyl (C=O) groups excluding carboxylic acids is 2. The molecule has 4 rings (SSSR count). The van der Waals surface area contributed by atoms with E-state index in [1.807, 2.05) is 54.2 Å². The summed E-state index contributed by atoms with van der Waals surface area (Å²) in [5, 5.41) is 10.5. The van der Waals surface area contributed by atoms with Crippen molar-refractivity contribution < 1.29 is 33.5 Å². The van der Waals surface area contributed by atoms with Gasteiger partial charge < -0.3 is 24.4 Å². The Hall–Kier alpha value is -3.24. The van der Waals surface area contributed by atoms with E-state index in [1.165, 1.54) is 0 Å². The van der Waals surface area contributed by atoms with Crippen molar-refractivity contribution in [1.82, 2.24) is 14.7 Å². The van der Waals surface area contributed by atoms with Gasteiger partial charge in [-0.25, -0.2) is 4.79 Å². The number of allylic oxidation sites excluding steroid dienone is 1. The molecule has 3 aliphatic rings. The number of likely N-dealkylation sites (tertiary alicyclic amines) is 1. The number of hydrogen-bond acceptors (Lipinski definition) is 7. The van der Waals surface area contributed by atoms with Gasteiger partial charge in [-0.05, 0) is 57.3 Å². The second kappa shape index (κ2) is 13.9. The second-order valence-corrected chi connectivity index (χ2v) is 11.1. The maximum atomic E-state index is 13.7. The quantitative estimate of drug-likeness (QED) is 0.349. The third kappa shape index (κ3) is 7.28. The Bertz CT molecular complexity index is 1130. The van der Waals surface area contributed by atoms with Gasteiger partial charge in [0.25, 0.3) is 0 Å². The fourth-order valence-corrected chi connectivity index (χ4v) is 5.90. The van der Waals surface area contributed by atoms with Crippen LogP contribution in [0.15, 0.2) is 30.4 Å². The van der Waals surface area contributed by atoms with Crippen molar-refractivity contribution in [1.29, 1.82) is 0 Å². The first kappa shape index (κ1) is 29.7. The molecule has 0 aromatic heterocycles. The molecule has 0 bridgehead atoms. The molecule has 0 radical (unpaired) electrons. The Morgan fingerprint density at radius 3 is 2.62 bits per heavy atom. The fraction of sp³-hybridized carbons (Fsp3) is 0.600. The number of rotatable bonds is 14. The summed E-state index contributed by atoms with van der Waals surface area (Å²) in [5.41, 5.74) is 0.856. The molecule has 0 saturated carbocycles. The van der Waals surface area contributed by atoms with E-state index in [0.29, 0.717) is 50.5 Å². The Balaban J connectivity index is 1.57. The first-order valence-electron chi connectivity index (χ1n) is 14.4. The molecule has 3 aliphatic heterocycles. The average Bonchev–Trinajstić information content (AvgIpc) is 3.54. The number of benzene rings is 1. The van der Waals surface area contributed by atoms with Crippen LogP contribution in [0.3, 0.4) is 0 Å². The summed E-state index contributed by atoms with van der Waals surface area (Å²) in [5.74, 6) is -0.686. The van der Waals surface area contributed by atoms with Crippen LogP contribution in [0.5, 0.6) is 11.5 Å². The molecule has 0 aliphatic carbocycles. The molecule has 1 fully saturated rings. The van der Waals surface area contributed by atoms with E-state index >= 15 is 0 Å². The Kier molecular flexibility index (Phi) is 10.3. The summed E-state index contributed by atoms with van der Waals surface area (Å²) in [7, 11) is 4.05. The maximum absolute atomic E-state index is 13.7. The van der Waals surface area contributed by atoms with E-state index in [4.69, 9.17) is 9.47 Å². The van der Waals surface area contributed by atoms with E-state index < -0.39 is 17.9 Å². The Morgan fingerprint density at radius 1 is 1.12 bits per heavy atom. The van der Waals surface area contributed by atoms with E-state index in [2.05, 4.69) is 11.8 Å². The maximum Gasteiger partial charge on any atom is 0.390 e. The number of carboxylic acids is 1. The molecule has 3 heterocycles. The highest BCUT2D eigenvalue weighted by Crippen LogP contribution is 2.42. The van der Waals surface area contributed by atoms with Crippen molar-refractivity contribution >= 4 is 24.0 Å². The zero-order valence-electron chi connectivity index (χ0n) is 24.0. The number of fused-ring (bicyclic) bond motifs is 1. The lowest BCUT2D eigenvalue weighted by atomic mass is 9.84. The largest absolute Gasteiger partial charge is 0.481 e. The van der Waals surface area contributed by atoms with Crippen molar-refractivity contribution in [2.75, 3.05) is 60.2 Å². The fourth-order valence-electron chi connectivity index (χ4n) is 5.90. The molecule has 0 spiro atoms. The molecule has 1 aromatic rings. The van der Waals surface area contributed by atoms with E-state index in [-0.39, 0.29) is 31.1 Å². The summed E-state index contributed by atoms with van der Waals surface area (Å²) in [6.07, 6.45) is 9.00. The monoisotopic (exact) mass is 555 g/mol. The third-order valence-electron chi connectivity index (χ3n) is 8.04. The number of carbonyl (C=O) groups is 3.